The highest BCUT2D eigenvalue weighted by molar-refractivity contribution is 5.61. The van der Waals surface area contributed by atoms with E-state index < -0.39 is 0 Å². The standard InChI is InChI=1S/C19H22N4/c1-2-4-19(17(3-1)13-23-10-9-20-14-23)16-7-5-15(6-8-16)18-11-21-22-12-18/h5-12,14,17,19H,1-4,13H2,(H,21,22). The molecule has 1 aliphatic rings. The van der Waals surface area contributed by atoms with E-state index in [-0.39, 0.29) is 0 Å². The normalized spacial score (nSPS) is 21.4. The van der Waals surface area contributed by atoms with Crippen LogP contribution in [0.2, 0.25) is 0 Å². The molecule has 0 radical (unpaired) electrons. The van der Waals surface area contributed by atoms with Crippen molar-refractivity contribution in [1.82, 2.24) is 19.7 Å². The van der Waals surface area contributed by atoms with Gasteiger partial charge in [0.05, 0.1) is 12.5 Å². The first-order valence-electron chi connectivity index (χ1n) is 8.45. The Labute approximate surface area is 136 Å². The number of nitrogens with one attached hydrogen (secondary N) is 1. The molecule has 23 heavy (non-hydrogen) atoms. The van der Waals surface area contributed by atoms with Gasteiger partial charge < -0.3 is 4.57 Å². The Balaban J connectivity index is 1.54. The average Bonchev–Trinajstić information content (AvgIpc) is 3.29. The zero-order chi connectivity index (χ0) is 15.5. The van der Waals surface area contributed by atoms with E-state index in [1.165, 1.54) is 36.8 Å². The molecule has 0 spiro atoms. The minimum Gasteiger partial charge on any atom is -0.337 e. The van der Waals surface area contributed by atoms with Crippen molar-refractivity contribution in [3.63, 3.8) is 0 Å². The first-order chi connectivity index (χ1) is 11.4. The lowest BCUT2D eigenvalue weighted by molar-refractivity contribution is 0.274. The van der Waals surface area contributed by atoms with Crippen molar-refractivity contribution in [2.24, 2.45) is 5.92 Å². The van der Waals surface area contributed by atoms with E-state index in [1.54, 1.807) is 0 Å². The predicted molar refractivity (Wildman–Crippen MR) is 90.9 cm³/mol. The van der Waals surface area contributed by atoms with Crippen molar-refractivity contribution in [1.29, 1.82) is 0 Å². The van der Waals surface area contributed by atoms with Crippen molar-refractivity contribution in [3.05, 3.63) is 60.9 Å². The molecule has 4 heteroatoms. The van der Waals surface area contributed by atoms with E-state index in [4.69, 9.17) is 0 Å². The van der Waals surface area contributed by atoms with Gasteiger partial charge in [-0.2, -0.15) is 5.10 Å². The number of nitrogens with zero attached hydrogens (tertiary/aromatic N) is 3. The number of benzene rings is 1. The lowest BCUT2D eigenvalue weighted by Gasteiger charge is -2.32. The van der Waals surface area contributed by atoms with E-state index >= 15 is 0 Å². The van der Waals surface area contributed by atoms with Gasteiger partial charge in [0.1, 0.15) is 0 Å². The number of rotatable bonds is 4. The van der Waals surface area contributed by atoms with Crippen LogP contribution in [0.1, 0.15) is 37.2 Å². The van der Waals surface area contributed by atoms with Gasteiger partial charge in [-0.25, -0.2) is 4.98 Å². The highest BCUT2D eigenvalue weighted by Crippen LogP contribution is 2.39. The van der Waals surface area contributed by atoms with Crippen LogP contribution in [-0.4, -0.2) is 19.7 Å². The summed E-state index contributed by atoms with van der Waals surface area (Å²) in [5.41, 5.74) is 3.85. The molecule has 1 aromatic carbocycles. The van der Waals surface area contributed by atoms with E-state index in [9.17, 15) is 0 Å². The third kappa shape index (κ3) is 3.07. The maximum atomic E-state index is 4.18. The van der Waals surface area contributed by atoms with Gasteiger partial charge in [0.25, 0.3) is 0 Å². The fourth-order valence-corrected chi connectivity index (χ4v) is 3.86. The summed E-state index contributed by atoms with van der Waals surface area (Å²) in [6.07, 6.45) is 15.0. The highest BCUT2D eigenvalue weighted by atomic mass is 15.1. The molecule has 4 nitrogen and oxygen atoms in total. The molecule has 0 bridgehead atoms. The Morgan fingerprint density at radius 1 is 1.09 bits per heavy atom. The molecular formula is C19H22N4. The number of aromatic nitrogens is 4. The quantitative estimate of drug-likeness (QED) is 0.783. The fourth-order valence-electron chi connectivity index (χ4n) is 3.86. The lowest BCUT2D eigenvalue weighted by atomic mass is 9.75. The molecule has 0 aliphatic heterocycles. The van der Waals surface area contributed by atoms with E-state index in [1.807, 2.05) is 24.9 Å². The molecular weight excluding hydrogens is 284 g/mol. The number of hydrogen-bond acceptors (Lipinski definition) is 2. The summed E-state index contributed by atoms with van der Waals surface area (Å²) in [4.78, 5) is 4.18. The van der Waals surface area contributed by atoms with E-state index in [0.29, 0.717) is 11.8 Å². The third-order valence-electron chi connectivity index (χ3n) is 5.08. The van der Waals surface area contributed by atoms with Gasteiger partial charge >= 0.3 is 0 Å². The van der Waals surface area contributed by atoms with Crippen LogP contribution >= 0.6 is 0 Å². The smallest absolute Gasteiger partial charge is 0.0946 e. The Hall–Kier alpha value is -2.36. The first kappa shape index (κ1) is 14.2. The van der Waals surface area contributed by atoms with Gasteiger partial charge in [-0.15, -0.1) is 0 Å². The topological polar surface area (TPSA) is 46.5 Å². The van der Waals surface area contributed by atoms with Crippen molar-refractivity contribution in [2.75, 3.05) is 0 Å². The molecule has 2 heterocycles. The second kappa shape index (κ2) is 6.41. The molecule has 118 valence electrons. The maximum absolute atomic E-state index is 4.18. The van der Waals surface area contributed by atoms with Crippen LogP contribution in [0.4, 0.5) is 0 Å². The van der Waals surface area contributed by atoms with Crippen molar-refractivity contribution in [3.8, 4) is 11.1 Å². The Bertz CT molecular complexity index is 713. The largest absolute Gasteiger partial charge is 0.337 e. The second-order valence-corrected chi connectivity index (χ2v) is 6.52. The minimum absolute atomic E-state index is 0.657. The van der Waals surface area contributed by atoms with Crippen LogP contribution in [0.5, 0.6) is 0 Å². The van der Waals surface area contributed by atoms with Crippen molar-refractivity contribution in [2.45, 2.75) is 38.1 Å². The minimum atomic E-state index is 0.657. The van der Waals surface area contributed by atoms with Gasteiger partial charge in [-0.3, -0.25) is 5.10 Å². The zero-order valence-corrected chi connectivity index (χ0v) is 13.2. The van der Waals surface area contributed by atoms with Crippen LogP contribution in [0.15, 0.2) is 55.4 Å². The highest BCUT2D eigenvalue weighted by Gasteiger charge is 2.26. The van der Waals surface area contributed by atoms with Gasteiger partial charge in [0.2, 0.25) is 0 Å². The summed E-state index contributed by atoms with van der Waals surface area (Å²) in [7, 11) is 0. The number of imidazole rings is 1. The van der Waals surface area contributed by atoms with Crippen molar-refractivity contribution >= 4 is 0 Å². The molecule has 1 aliphatic carbocycles. The summed E-state index contributed by atoms with van der Waals surface area (Å²) in [5.74, 6) is 1.36. The van der Waals surface area contributed by atoms with E-state index in [2.05, 4.69) is 50.2 Å². The molecule has 0 amide bonds. The second-order valence-electron chi connectivity index (χ2n) is 6.52. The van der Waals surface area contributed by atoms with Crippen molar-refractivity contribution < 1.29 is 0 Å². The predicted octanol–water partition coefficient (Wildman–Crippen LogP) is 4.25. The zero-order valence-electron chi connectivity index (χ0n) is 13.2. The van der Waals surface area contributed by atoms with Crippen LogP contribution in [-0.2, 0) is 6.54 Å². The molecule has 2 unspecified atom stereocenters. The molecule has 2 atom stereocenters. The number of H-pyrrole nitrogens is 1. The summed E-state index contributed by atoms with van der Waals surface area (Å²) in [5, 5.41) is 6.91. The molecule has 4 rings (SSSR count). The Morgan fingerprint density at radius 3 is 2.70 bits per heavy atom. The molecule has 1 saturated carbocycles. The molecule has 1 fully saturated rings. The fraction of sp³-hybridized carbons (Fsp3) is 0.368. The van der Waals surface area contributed by atoms with E-state index in [0.717, 1.165) is 12.1 Å². The average molecular weight is 306 g/mol. The van der Waals surface area contributed by atoms with Gasteiger partial charge in [0.15, 0.2) is 0 Å². The Kier molecular flexibility index (Phi) is 3.97. The molecule has 1 N–H and O–H groups in total. The SMILES string of the molecule is c1cn(CC2CCCCC2c2ccc(-c3cn[nH]c3)cc2)cn1. The molecule has 0 saturated heterocycles. The maximum Gasteiger partial charge on any atom is 0.0946 e. The third-order valence-corrected chi connectivity index (χ3v) is 5.08. The summed E-state index contributed by atoms with van der Waals surface area (Å²) < 4.78 is 2.23. The summed E-state index contributed by atoms with van der Waals surface area (Å²) in [6.45, 7) is 1.08. The number of aromatic amines is 1. The van der Waals surface area contributed by atoms with Gasteiger partial charge in [0, 0.05) is 30.7 Å². The monoisotopic (exact) mass is 306 g/mol. The number of hydrogen-bond donors (Lipinski definition) is 1. The van der Waals surface area contributed by atoms with Gasteiger partial charge in [-0.1, -0.05) is 37.1 Å². The lowest BCUT2D eigenvalue weighted by Crippen LogP contribution is -2.22. The summed E-state index contributed by atoms with van der Waals surface area (Å²) >= 11 is 0. The van der Waals surface area contributed by atoms with Crippen LogP contribution in [0.3, 0.4) is 0 Å². The van der Waals surface area contributed by atoms with Crippen LogP contribution in [0, 0.1) is 5.92 Å². The molecule has 2 aromatic heterocycles. The molecule has 3 aromatic rings. The summed E-state index contributed by atoms with van der Waals surface area (Å²) in [6, 6.07) is 9.06. The van der Waals surface area contributed by atoms with Gasteiger partial charge in [-0.05, 0) is 35.8 Å². The van der Waals surface area contributed by atoms with Crippen LogP contribution in [0.25, 0.3) is 11.1 Å². The Morgan fingerprint density at radius 2 is 1.96 bits per heavy atom. The first-order valence-corrected chi connectivity index (χ1v) is 8.45. The van der Waals surface area contributed by atoms with Crippen LogP contribution < -0.4 is 0 Å².